The predicted molar refractivity (Wildman–Crippen MR) is 98.9 cm³/mol. The summed E-state index contributed by atoms with van der Waals surface area (Å²) in [5.74, 6) is 1.10. The van der Waals surface area contributed by atoms with Crippen LogP contribution in [0, 0.1) is 0 Å². The highest BCUT2D eigenvalue weighted by Gasteiger charge is 2.09. The van der Waals surface area contributed by atoms with Crippen LogP contribution in [0.5, 0.6) is 0 Å². The maximum Gasteiger partial charge on any atom is 0.337 e. The maximum absolute atomic E-state index is 11.6. The van der Waals surface area contributed by atoms with Crippen molar-refractivity contribution in [1.82, 2.24) is 10.2 Å². The smallest absolute Gasteiger partial charge is 0.337 e. The Kier molecular flexibility index (Phi) is 7.54. The van der Waals surface area contributed by atoms with E-state index in [0.29, 0.717) is 22.9 Å². The fourth-order valence-corrected chi connectivity index (χ4v) is 3.81. The number of nitrogens with zero attached hydrogens (tertiary/aromatic N) is 2. The number of esters is 1. The molecule has 0 aliphatic carbocycles. The molecule has 1 aromatic carbocycles. The van der Waals surface area contributed by atoms with Gasteiger partial charge in [0.25, 0.3) is 0 Å². The second kappa shape index (κ2) is 9.65. The quantitative estimate of drug-likeness (QED) is 0.425. The van der Waals surface area contributed by atoms with E-state index in [2.05, 4.69) is 20.3 Å². The molecule has 2 aromatic rings. The molecule has 0 bridgehead atoms. The van der Waals surface area contributed by atoms with Crippen LogP contribution < -0.4 is 5.32 Å². The van der Waals surface area contributed by atoms with Crippen molar-refractivity contribution in [2.75, 3.05) is 24.4 Å². The average Bonchev–Trinajstić information content (AvgIpc) is 3.05. The highest BCUT2D eigenvalue weighted by Crippen LogP contribution is 2.28. The van der Waals surface area contributed by atoms with E-state index in [4.69, 9.17) is 0 Å². The first-order valence-corrected chi connectivity index (χ1v) is 10.2. The van der Waals surface area contributed by atoms with E-state index >= 15 is 0 Å². The Balaban J connectivity index is 1.84. The number of anilines is 1. The SMILES string of the molecule is COC(=O)c1ccc(CSc2nnc(NC(=O)CCSC)s2)cc1. The van der Waals surface area contributed by atoms with Gasteiger partial charge in [0.05, 0.1) is 12.7 Å². The molecule has 24 heavy (non-hydrogen) atoms. The van der Waals surface area contributed by atoms with E-state index in [-0.39, 0.29) is 11.9 Å². The van der Waals surface area contributed by atoms with E-state index in [1.807, 2.05) is 18.4 Å². The number of hydrogen-bond acceptors (Lipinski definition) is 8. The van der Waals surface area contributed by atoms with Gasteiger partial charge in [-0.1, -0.05) is 35.2 Å². The zero-order valence-corrected chi connectivity index (χ0v) is 15.7. The lowest BCUT2D eigenvalue weighted by Gasteiger charge is -2.01. The van der Waals surface area contributed by atoms with Gasteiger partial charge >= 0.3 is 5.97 Å². The summed E-state index contributed by atoms with van der Waals surface area (Å²) in [5.41, 5.74) is 1.59. The van der Waals surface area contributed by atoms with Crippen LogP contribution in [0.2, 0.25) is 0 Å². The number of amides is 1. The Hall–Kier alpha value is -1.58. The van der Waals surface area contributed by atoms with E-state index in [1.54, 1.807) is 23.9 Å². The number of ether oxygens (including phenoxy) is 1. The van der Waals surface area contributed by atoms with Crippen molar-refractivity contribution in [1.29, 1.82) is 0 Å². The van der Waals surface area contributed by atoms with E-state index in [1.165, 1.54) is 30.2 Å². The van der Waals surface area contributed by atoms with Gasteiger partial charge in [0.2, 0.25) is 11.0 Å². The van der Waals surface area contributed by atoms with Crippen LogP contribution in [0.15, 0.2) is 28.6 Å². The molecule has 0 saturated carbocycles. The molecule has 0 aliphatic heterocycles. The molecule has 2 rings (SSSR count). The molecule has 1 N–H and O–H groups in total. The molecule has 6 nitrogen and oxygen atoms in total. The van der Waals surface area contributed by atoms with Crippen LogP contribution in [-0.4, -0.2) is 41.2 Å². The third-order valence-corrected chi connectivity index (χ3v) is 5.58. The highest BCUT2D eigenvalue weighted by atomic mass is 32.2. The van der Waals surface area contributed by atoms with Crippen LogP contribution in [0.25, 0.3) is 0 Å². The first kappa shape index (κ1) is 18.8. The summed E-state index contributed by atoms with van der Waals surface area (Å²) in [4.78, 5) is 23.0. The lowest BCUT2D eigenvalue weighted by molar-refractivity contribution is -0.115. The monoisotopic (exact) mass is 383 g/mol. The molecule has 1 amide bonds. The normalized spacial score (nSPS) is 10.4. The predicted octanol–water partition coefficient (Wildman–Crippen LogP) is 3.31. The number of hydrogen-bond donors (Lipinski definition) is 1. The molecule has 0 fully saturated rings. The van der Waals surface area contributed by atoms with Gasteiger partial charge in [-0.15, -0.1) is 10.2 Å². The number of aromatic nitrogens is 2. The number of carbonyl (C=O) groups excluding carboxylic acids is 2. The Morgan fingerprint density at radius 2 is 2.00 bits per heavy atom. The van der Waals surface area contributed by atoms with Gasteiger partial charge in [0.1, 0.15) is 0 Å². The standard InChI is InChI=1S/C15H17N3O3S3/c1-21-13(20)11-5-3-10(4-6-11)9-23-15-18-17-14(24-15)16-12(19)7-8-22-2/h3-6H,7-9H2,1-2H3,(H,16,17,19). The number of rotatable bonds is 8. The van der Waals surface area contributed by atoms with Crippen molar-refractivity contribution in [2.45, 2.75) is 16.5 Å². The average molecular weight is 384 g/mol. The Morgan fingerprint density at radius 1 is 1.25 bits per heavy atom. The third kappa shape index (κ3) is 5.81. The van der Waals surface area contributed by atoms with E-state index < -0.39 is 0 Å². The Bertz CT molecular complexity index is 689. The van der Waals surface area contributed by atoms with Gasteiger partial charge in [-0.2, -0.15) is 11.8 Å². The summed E-state index contributed by atoms with van der Waals surface area (Å²) >= 11 is 4.52. The van der Waals surface area contributed by atoms with Gasteiger partial charge in [0.15, 0.2) is 4.34 Å². The van der Waals surface area contributed by atoms with Crippen molar-refractivity contribution in [3.05, 3.63) is 35.4 Å². The summed E-state index contributed by atoms with van der Waals surface area (Å²) < 4.78 is 5.45. The molecule has 1 aromatic heterocycles. The van der Waals surface area contributed by atoms with Crippen molar-refractivity contribution in [2.24, 2.45) is 0 Å². The van der Waals surface area contributed by atoms with Gasteiger partial charge in [-0.3, -0.25) is 4.79 Å². The molecule has 128 valence electrons. The van der Waals surface area contributed by atoms with Gasteiger partial charge in [-0.05, 0) is 24.0 Å². The van der Waals surface area contributed by atoms with Gasteiger partial charge in [-0.25, -0.2) is 4.79 Å². The second-order valence-electron chi connectivity index (χ2n) is 4.64. The molecule has 0 aliphatic rings. The first-order valence-electron chi connectivity index (χ1n) is 7.04. The second-order valence-corrected chi connectivity index (χ2v) is 7.83. The van der Waals surface area contributed by atoms with Crippen LogP contribution in [-0.2, 0) is 15.3 Å². The summed E-state index contributed by atoms with van der Waals surface area (Å²) in [6.45, 7) is 0. The lowest BCUT2D eigenvalue weighted by atomic mass is 10.1. The largest absolute Gasteiger partial charge is 0.465 e. The number of carbonyl (C=O) groups is 2. The molecule has 0 spiro atoms. The maximum atomic E-state index is 11.6. The molecule has 1 heterocycles. The Labute approximate surface area is 152 Å². The molecule has 9 heteroatoms. The molecular formula is C15H17N3O3S3. The van der Waals surface area contributed by atoms with Crippen LogP contribution in [0.1, 0.15) is 22.3 Å². The minimum atomic E-state index is -0.347. The fraction of sp³-hybridized carbons (Fsp3) is 0.333. The van der Waals surface area contributed by atoms with Crippen molar-refractivity contribution >= 4 is 51.9 Å². The molecule has 0 atom stereocenters. The number of methoxy groups -OCH3 is 1. The molecule has 0 radical (unpaired) electrons. The molecule has 0 saturated heterocycles. The summed E-state index contributed by atoms with van der Waals surface area (Å²) in [6.07, 6.45) is 2.43. The van der Waals surface area contributed by atoms with E-state index in [9.17, 15) is 9.59 Å². The Morgan fingerprint density at radius 3 is 2.67 bits per heavy atom. The molecule has 0 unspecified atom stereocenters. The van der Waals surface area contributed by atoms with Crippen LogP contribution in [0.3, 0.4) is 0 Å². The zero-order chi connectivity index (χ0) is 17.4. The summed E-state index contributed by atoms with van der Waals surface area (Å²) in [6, 6.07) is 7.23. The first-order chi connectivity index (χ1) is 11.6. The summed E-state index contributed by atoms with van der Waals surface area (Å²) in [7, 11) is 1.36. The lowest BCUT2D eigenvalue weighted by Crippen LogP contribution is -2.11. The zero-order valence-electron chi connectivity index (χ0n) is 13.3. The van der Waals surface area contributed by atoms with Crippen molar-refractivity contribution < 1.29 is 14.3 Å². The topological polar surface area (TPSA) is 81.2 Å². The van der Waals surface area contributed by atoms with E-state index in [0.717, 1.165) is 15.7 Å². The number of benzene rings is 1. The van der Waals surface area contributed by atoms with Crippen molar-refractivity contribution in [3.63, 3.8) is 0 Å². The van der Waals surface area contributed by atoms with Crippen molar-refractivity contribution in [3.8, 4) is 0 Å². The van der Waals surface area contributed by atoms with Gasteiger partial charge in [0, 0.05) is 17.9 Å². The number of thioether (sulfide) groups is 2. The fourth-order valence-electron chi connectivity index (χ4n) is 1.70. The minimum Gasteiger partial charge on any atom is -0.465 e. The minimum absolute atomic E-state index is 0.0459. The highest BCUT2D eigenvalue weighted by molar-refractivity contribution is 8.00. The van der Waals surface area contributed by atoms with Gasteiger partial charge < -0.3 is 10.1 Å². The number of nitrogens with one attached hydrogen (secondary N) is 1. The third-order valence-electron chi connectivity index (χ3n) is 2.92. The van der Waals surface area contributed by atoms with Crippen LogP contribution >= 0.6 is 34.9 Å². The van der Waals surface area contributed by atoms with Crippen LogP contribution in [0.4, 0.5) is 5.13 Å². The summed E-state index contributed by atoms with van der Waals surface area (Å²) in [5, 5.41) is 11.3. The molecular weight excluding hydrogens is 366 g/mol.